The summed E-state index contributed by atoms with van der Waals surface area (Å²) in [6.45, 7) is 6.08. The number of rotatable bonds is 5. The van der Waals surface area contributed by atoms with E-state index in [4.69, 9.17) is 0 Å². The Hall–Kier alpha value is -1.74. The summed E-state index contributed by atoms with van der Waals surface area (Å²) in [5.74, 6) is -0.459. The van der Waals surface area contributed by atoms with Crippen molar-refractivity contribution in [1.82, 2.24) is 5.32 Å². The van der Waals surface area contributed by atoms with Crippen LogP contribution in [0.15, 0.2) is 48.5 Å². The summed E-state index contributed by atoms with van der Waals surface area (Å²) in [6, 6.07) is 13.4. The van der Waals surface area contributed by atoms with Crippen molar-refractivity contribution in [3.8, 4) is 0 Å². The molecule has 2 aromatic carbocycles. The van der Waals surface area contributed by atoms with Gasteiger partial charge in [0.1, 0.15) is 11.6 Å². The third-order valence-corrected chi connectivity index (χ3v) is 3.68. The molecule has 0 radical (unpaired) electrons. The molecule has 0 amide bonds. The normalized spacial score (nSPS) is 14.2. The molecule has 0 saturated carbocycles. The Morgan fingerprint density at radius 2 is 1.57 bits per heavy atom. The predicted octanol–water partition coefficient (Wildman–Crippen LogP) is 5.01. The van der Waals surface area contributed by atoms with Crippen molar-refractivity contribution in [3.63, 3.8) is 0 Å². The Morgan fingerprint density at radius 1 is 0.905 bits per heavy atom. The molecule has 0 aliphatic heterocycles. The van der Waals surface area contributed by atoms with E-state index in [1.807, 2.05) is 37.3 Å². The zero-order valence-electron chi connectivity index (χ0n) is 12.6. The van der Waals surface area contributed by atoms with Gasteiger partial charge in [0, 0.05) is 17.6 Å². The minimum atomic E-state index is -0.416. The first-order valence-electron chi connectivity index (χ1n) is 7.25. The van der Waals surface area contributed by atoms with E-state index in [-0.39, 0.29) is 17.9 Å². The highest BCUT2D eigenvalue weighted by molar-refractivity contribution is 5.24. The summed E-state index contributed by atoms with van der Waals surface area (Å²) < 4.78 is 27.2. The van der Waals surface area contributed by atoms with Crippen molar-refractivity contribution in [2.45, 2.75) is 32.9 Å². The van der Waals surface area contributed by atoms with Gasteiger partial charge in [-0.25, -0.2) is 8.78 Å². The number of halogens is 2. The van der Waals surface area contributed by atoms with Gasteiger partial charge in [-0.05, 0) is 36.6 Å². The van der Waals surface area contributed by atoms with Crippen LogP contribution in [-0.2, 0) is 0 Å². The van der Waals surface area contributed by atoms with Crippen LogP contribution in [0, 0.1) is 17.6 Å². The first-order valence-corrected chi connectivity index (χ1v) is 7.25. The Kier molecular flexibility index (Phi) is 5.07. The van der Waals surface area contributed by atoms with Gasteiger partial charge in [-0.15, -0.1) is 0 Å². The van der Waals surface area contributed by atoms with Crippen LogP contribution in [0.5, 0.6) is 0 Å². The van der Waals surface area contributed by atoms with Crippen LogP contribution in [0.1, 0.15) is 44.0 Å². The van der Waals surface area contributed by atoms with Gasteiger partial charge in [0.2, 0.25) is 0 Å². The van der Waals surface area contributed by atoms with Gasteiger partial charge >= 0.3 is 0 Å². The molecule has 2 rings (SSSR count). The maximum atomic E-state index is 13.9. The standard InChI is InChI=1S/C18H21F2N/c1-12(2)18(14-7-5-4-6-8-14)21-13(3)16-11-15(19)9-10-17(16)20/h4-13,18,21H,1-3H3. The fraction of sp³-hybridized carbons (Fsp3) is 0.333. The first-order chi connectivity index (χ1) is 9.99. The van der Waals surface area contributed by atoms with Crippen LogP contribution in [-0.4, -0.2) is 0 Å². The molecule has 1 N–H and O–H groups in total. The van der Waals surface area contributed by atoms with E-state index in [9.17, 15) is 8.78 Å². The van der Waals surface area contributed by atoms with Gasteiger partial charge in [0.05, 0.1) is 0 Å². The first kappa shape index (κ1) is 15.6. The highest BCUT2D eigenvalue weighted by atomic mass is 19.1. The van der Waals surface area contributed by atoms with E-state index in [0.717, 1.165) is 11.6 Å². The average Bonchev–Trinajstić information content (AvgIpc) is 2.47. The molecule has 2 atom stereocenters. The SMILES string of the molecule is CC(NC(c1ccccc1)C(C)C)c1cc(F)ccc1F. The molecule has 0 saturated heterocycles. The molecule has 2 aromatic rings. The second-order valence-corrected chi connectivity index (χ2v) is 5.69. The van der Waals surface area contributed by atoms with Crippen molar-refractivity contribution in [1.29, 1.82) is 0 Å². The lowest BCUT2D eigenvalue weighted by atomic mass is 9.94. The second-order valence-electron chi connectivity index (χ2n) is 5.69. The highest BCUT2D eigenvalue weighted by Gasteiger charge is 2.20. The van der Waals surface area contributed by atoms with Gasteiger partial charge in [0.15, 0.2) is 0 Å². The summed E-state index contributed by atoms with van der Waals surface area (Å²) in [7, 11) is 0. The molecule has 0 spiro atoms. The van der Waals surface area contributed by atoms with Crippen LogP contribution < -0.4 is 5.32 Å². The van der Waals surface area contributed by atoms with Crippen molar-refractivity contribution in [2.24, 2.45) is 5.92 Å². The van der Waals surface area contributed by atoms with Crippen LogP contribution in [0.3, 0.4) is 0 Å². The minimum absolute atomic E-state index is 0.0869. The van der Waals surface area contributed by atoms with E-state index in [0.29, 0.717) is 11.5 Å². The monoisotopic (exact) mass is 289 g/mol. The minimum Gasteiger partial charge on any atom is -0.303 e. The Morgan fingerprint density at radius 3 is 2.19 bits per heavy atom. The molecule has 0 fully saturated rings. The third kappa shape index (κ3) is 3.88. The topological polar surface area (TPSA) is 12.0 Å². The Labute approximate surface area is 125 Å². The van der Waals surface area contributed by atoms with Crippen molar-refractivity contribution in [2.75, 3.05) is 0 Å². The smallest absolute Gasteiger partial charge is 0.128 e. The quantitative estimate of drug-likeness (QED) is 0.815. The summed E-state index contributed by atoms with van der Waals surface area (Å²) in [4.78, 5) is 0. The predicted molar refractivity (Wildman–Crippen MR) is 81.9 cm³/mol. The molecule has 3 heteroatoms. The van der Waals surface area contributed by atoms with Crippen molar-refractivity contribution in [3.05, 3.63) is 71.3 Å². The van der Waals surface area contributed by atoms with E-state index < -0.39 is 5.82 Å². The molecule has 112 valence electrons. The zero-order valence-corrected chi connectivity index (χ0v) is 12.6. The Bertz CT molecular complexity index is 581. The lowest BCUT2D eigenvalue weighted by molar-refractivity contribution is 0.368. The highest BCUT2D eigenvalue weighted by Crippen LogP contribution is 2.27. The van der Waals surface area contributed by atoms with Crippen molar-refractivity contribution >= 4 is 0 Å². The lowest BCUT2D eigenvalue weighted by Gasteiger charge is -2.27. The summed E-state index contributed by atoms with van der Waals surface area (Å²) >= 11 is 0. The molecule has 0 aliphatic carbocycles. The number of benzene rings is 2. The Balaban J connectivity index is 2.23. The fourth-order valence-electron chi connectivity index (χ4n) is 2.54. The number of nitrogens with one attached hydrogen (secondary N) is 1. The van der Waals surface area contributed by atoms with Crippen molar-refractivity contribution < 1.29 is 8.78 Å². The van der Waals surface area contributed by atoms with Crippen LogP contribution in [0.4, 0.5) is 8.78 Å². The summed E-state index contributed by atoms with van der Waals surface area (Å²) in [6.07, 6.45) is 0. The van der Waals surface area contributed by atoms with Crippen LogP contribution in [0.25, 0.3) is 0 Å². The summed E-state index contributed by atoms with van der Waals surface area (Å²) in [5, 5.41) is 3.41. The van der Waals surface area contributed by atoms with Gasteiger partial charge in [-0.1, -0.05) is 44.2 Å². The molecule has 0 bridgehead atoms. The average molecular weight is 289 g/mol. The molecular weight excluding hydrogens is 268 g/mol. The van der Waals surface area contributed by atoms with Gasteiger partial charge in [0.25, 0.3) is 0 Å². The van der Waals surface area contributed by atoms with Gasteiger partial charge in [-0.3, -0.25) is 0 Å². The zero-order chi connectivity index (χ0) is 15.4. The maximum absolute atomic E-state index is 13.9. The number of hydrogen-bond donors (Lipinski definition) is 1. The largest absolute Gasteiger partial charge is 0.303 e. The van der Waals surface area contributed by atoms with Crippen LogP contribution in [0.2, 0.25) is 0 Å². The second kappa shape index (κ2) is 6.81. The molecule has 1 nitrogen and oxygen atoms in total. The van der Waals surface area contributed by atoms with E-state index in [1.54, 1.807) is 0 Å². The molecule has 0 aromatic heterocycles. The molecule has 0 heterocycles. The van der Waals surface area contributed by atoms with E-state index >= 15 is 0 Å². The maximum Gasteiger partial charge on any atom is 0.128 e. The fourth-order valence-corrected chi connectivity index (χ4v) is 2.54. The molecular formula is C18H21F2N. The van der Waals surface area contributed by atoms with Gasteiger partial charge < -0.3 is 5.32 Å². The number of hydrogen-bond acceptors (Lipinski definition) is 1. The van der Waals surface area contributed by atoms with Gasteiger partial charge in [-0.2, -0.15) is 0 Å². The molecule has 0 aliphatic rings. The van der Waals surface area contributed by atoms with Crippen LogP contribution >= 0.6 is 0 Å². The summed E-state index contributed by atoms with van der Waals surface area (Å²) in [5.41, 5.74) is 1.51. The van der Waals surface area contributed by atoms with E-state index in [2.05, 4.69) is 19.2 Å². The lowest BCUT2D eigenvalue weighted by Crippen LogP contribution is -2.29. The molecule has 21 heavy (non-hydrogen) atoms. The van der Waals surface area contributed by atoms with E-state index in [1.165, 1.54) is 12.1 Å². The molecule has 2 unspecified atom stereocenters. The third-order valence-electron chi connectivity index (χ3n) is 3.68.